The lowest BCUT2D eigenvalue weighted by Crippen LogP contribution is -2.43. The molecule has 2 N–H and O–H groups in total. The van der Waals surface area contributed by atoms with Crippen LogP contribution in [0.1, 0.15) is 25.7 Å². The number of hydrogen-bond acceptors (Lipinski definition) is 6. The van der Waals surface area contributed by atoms with Crippen LogP contribution in [-0.4, -0.2) is 62.7 Å². The maximum Gasteiger partial charge on any atom is 0.403 e. The Bertz CT molecular complexity index is 453. The van der Waals surface area contributed by atoms with Crippen LogP contribution in [0.15, 0.2) is 0 Å². The number of nitrogens with one attached hydrogen (secondary N) is 2. The first-order valence-corrected chi connectivity index (χ1v) is 7.71. The van der Waals surface area contributed by atoms with Crippen LogP contribution in [-0.2, 0) is 19.1 Å². The number of alkyl halides is 6. The highest BCUT2D eigenvalue weighted by Crippen LogP contribution is 2.29. The number of ether oxygens (including phenoxy) is 2. The molecule has 0 aromatic carbocycles. The second kappa shape index (κ2) is 8.89. The van der Waals surface area contributed by atoms with Crippen LogP contribution in [0.4, 0.5) is 26.3 Å². The van der Waals surface area contributed by atoms with Crippen molar-refractivity contribution in [1.82, 2.24) is 10.6 Å². The minimum absolute atomic E-state index is 0.0662. The lowest BCUT2D eigenvalue weighted by atomic mass is 10.2. The normalized spacial score (nSPS) is 28.9. The molecule has 26 heavy (non-hydrogen) atoms. The predicted molar refractivity (Wildman–Crippen MR) is 76.0 cm³/mol. The zero-order valence-corrected chi connectivity index (χ0v) is 14.0. The second-order valence-electron chi connectivity index (χ2n) is 5.83. The first-order chi connectivity index (χ1) is 11.9. The van der Waals surface area contributed by atoms with E-state index in [2.05, 4.69) is 20.1 Å². The van der Waals surface area contributed by atoms with Gasteiger partial charge in [-0.05, 0) is 25.7 Å². The van der Waals surface area contributed by atoms with Gasteiger partial charge in [0.05, 0.1) is 14.2 Å². The molecule has 0 spiro atoms. The molecule has 152 valence electrons. The third-order valence-electron chi connectivity index (χ3n) is 4.05. The molecule has 6 nitrogen and oxygen atoms in total. The van der Waals surface area contributed by atoms with Gasteiger partial charge in [0.25, 0.3) is 0 Å². The molecule has 2 aliphatic rings. The fourth-order valence-electron chi connectivity index (χ4n) is 2.66. The first kappa shape index (κ1) is 22.5. The average Bonchev–Trinajstić information content (AvgIpc) is 3.22. The van der Waals surface area contributed by atoms with Gasteiger partial charge in [0.2, 0.25) is 0 Å². The number of hydrogen-bond donors (Lipinski definition) is 2. The van der Waals surface area contributed by atoms with Gasteiger partial charge in [-0.3, -0.25) is 20.2 Å². The van der Waals surface area contributed by atoms with E-state index < -0.39 is 48.5 Å². The molecule has 12 heteroatoms. The number of esters is 2. The molecular formula is C14H20F6N2O4. The highest BCUT2D eigenvalue weighted by atomic mass is 19.4. The lowest BCUT2D eigenvalue weighted by molar-refractivity contribution is -0.156. The SMILES string of the molecule is COC(=O)[C@@H]1CC[C@H](C(F)(F)F)N1.COC(=O)[C@H]1CC[C@@H](C(F)(F)F)N1. The van der Waals surface area contributed by atoms with Crippen molar-refractivity contribution in [1.29, 1.82) is 0 Å². The van der Waals surface area contributed by atoms with Crippen molar-refractivity contribution >= 4 is 11.9 Å². The van der Waals surface area contributed by atoms with E-state index in [1.54, 1.807) is 0 Å². The van der Waals surface area contributed by atoms with Gasteiger partial charge in [0, 0.05) is 0 Å². The molecule has 0 aromatic rings. The molecule has 2 rings (SSSR count). The third kappa shape index (κ3) is 6.31. The van der Waals surface area contributed by atoms with E-state index in [1.807, 2.05) is 0 Å². The van der Waals surface area contributed by atoms with Crippen molar-refractivity contribution in [3.05, 3.63) is 0 Å². The maximum absolute atomic E-state index is 12.1. The minimum Gasteiger partial charge on any atom is -0.468 e. The van der Waals surface area contributed by atoms with Gasteiger partial charge >= 0.3 is 24.3 Å². The molecular weight excluding hydrogens is 374 g/mol. The zero-order valence-electron chi connectivity index (χ0n) is 14.0. The van der Waals surface area contributed by atoms with Crippen molar-refractivity contribution in [2.24, 2.45) is 0 Å². The number of rotatable bonds is 2. The quantitative estimate of drug-likeness (QED) is 0.548. The Morgan fingerprint density at radius 2 is 1.04 bits per heavy atom. The number of methoxy groups -OCH3 is 2. The van der Waals surface area contributed by atoms with Crippen molar-refractivity contribution in [3.63, 3.8) is 0 Å². The van der Waals surface area contributed by atoms with Crippen molar-refractivity contribution < 1.29 is 45.4 Å². The highest BCUT2D eigenvalue weighted by molar-refractivity contribution is 5.76. The second-order valence-corrected chi connectivity index (χ2v) is 5.83. The van der Waals surface area contributed by atoms with E-state index in [0.29, 0.717) is 0 Å². The van der Waals surface area contributed by atoms with Crippen LogP contribution in [0, 0.1) is 0 Å². The fourth-order valence-corrected chi connectivity index (χ4v) is 2.66. The molecule has 0 radical (unpaired) electrons. The highest BCUT2D eigenvalue weighted by Gasteiger charge is 2.46. The smallest absolute Gasteiger partial charge is 0.403 e. The molecule has 0 aromatic heterocycles. The van der Waals surface area contributed by atoms with Crippen LogP contribution in [0.3, 0.4) is 0 Å². The molecule has 0 saturated carbocycles. The van der Waals surface area contributed by atoms with Gasteiger partial charge in [0.15, 0.2) is 0 Å². The van der Waals surface area contributed by atoms with Crippen molar-refractivity contribution in [2.45, 2.75) is 62.2 Å². The van der Waals surface area contributed by atoms with E-state index in [1.165, 1.54) is 0 Å². The van der Waals surface area contributed by atoms with Crippen LogP contribution in [0.25, 0.3) is 0 Å². The summed E-state index contributed by atoms with van der Waals surface area (Å²) in [6.07, 6.45) is -8.33. The minimum atomic E-state index is -4.28. The zero-order chi connectivity index (χ0) is 20.1. The summed E-state index contributed by atoms with van der Waals surface area (Å²) in [5.41, 5.74) is 0. The van der Waals surface area contributed by atoms with Gasteiger partial charge < -0.3 is 9.47 Å². The van der Waals surface area contributed by atoms with Crippen LogP contribution in [0.2, 0.25) is 0 Å². The molecule has 4 atom stereocenters. The summed E-state index contributed by atoms with van der Waals surface area (Å²) < 4.78 is 81.2. The topological polar surface area (TPSA) is 76.7 Å². The van der Waals surface area contributed by atoms with Crippen LogP contribution < -0.4 is 10.6 Å². The van der Waals surface area contributed by atoms with Crippen molar-refractivity contribution in [3.8, 4) is 0 Å². The lowest BCUT2D eigenvalue weighted by Gasteiger charge is -2.15. The Labute approximate surface area is 145 Å². The molecule has 2 saturated heterocycles. The maximum atomic E-state index is 12.1. The van der Waals surface area contributed by atoms with Gasteiger partial charge in [-0.2, -0.15) is 26.3 Å². The Morgan fingerprint density at radius 1 is 0.731 bits per heavy atom. The molecule has 2 aliphatic heterocycles. The Hall–Kier alpha value is -1.56. The standard InChI is InChI=1S/2C7H10F3NO2/c2*1-13-6(12)4-2-3-5(11-4)7(8,9)10/h2*4-5,11H,2-3H2,1H3/t2*4-,5+/m10/s1. The number of carbonyl (C=O) groups is 2. The third-order valence-corrected chi connectivity index (χ3v) is 4.05. The van der Waals surface area contributed by atoms with Gasteiger partial charge in [-0.25, -0.2) is 0 Å². The summed E-state index contributed by atoms with van der Waals surface area (Å²) >= 11 is 0. The summed E-state index contributed by atoms with van der Waals surface area (Å²) in [6, 6.07) is -4.76. The summed E-state index contributed by atoms with van der Waals surface area (Å²) in [4.78, 5) is 21.7. The Morgan fingerprint density at radius 3 is 1.23 bits per heavy atom. The first-order valence-electron chi connectivity index (χ1n) is 7.71. The molecule has 0 amide bonds. The van der Waals surface area contributed by atoms with Gasteiger partial charge in [-0.1, -0.05) is 0 Å². The Kier molecular flexibility index (Phi) is 7.69. The average molecular weight is 394 g/mol. The van der Waals surface area contributed by atoms with E-state index >= 15 is 0 Å². The summed E-state index contributed by atoms with van der Waals surface area (Å²) in [6.45, 7) is 0. The molecule has 0 aliphatic carbocycles. The van der Waals surface area contributed by atoms with E-state index in [9.17, 15) is 35.9 Å². The summed E-state index contributed by atoms with van der Waals surface area (Å²) in [5.74, 6) is -1.27. The van der Waals surface area contributed by atoms with Crippen LogP contribution >= 0.6 is 0 Å². The van der Waals surface area contributed by atoms with E-state index in [0.717, 1.165) is 14.2 Å². The predicted octanol–water partition coefficient (Wildman–Crippen LogP) is 1.68. The fraction of sp³-hybridized carbons (Fsp3) is 0.857. The number of carbonyl (C=O) groups excluding carboxylic acids is 2. The van der Waals surface area contributed by atoms with E-state index in [4.69, 9.17) is 0 Å². The van der Waals surface area contributed by atoms with Gasteiger partial charge in [0.1, 0.15) is 24.2 Å². The monoisotopic (exact) mass is 394 g/mol. The van der Waals surface area contributed by atoms with Crippen molar-refractivity contribution in [2.75, 3.05) is 14.2 Å². The summed E-state index contributed by atoms with van der Waals surface area (Å²) in [5, 5.41) is 4.36. The summed E-state index contributed by atoms with van der Waals surface area (Å²) in [7, 11) is 2.32. The molecule has 0 unspecified atom stereocenters. The Balaban J connectivity index is 0.000000260. The van der Waals surface area contributed by atoms with Crippen LogP contribution in [0.5, 0.6) is 0 Å². The van der Waals surface area contributed by atoms with Gasteiger partial charge in [-0.15, -0.1) is 0 Å². The molecule has 0 bridgehead atoms. The molecule has 2 heterocycles. The largest absolute Gasteiger partial charge is 0.468 e. The molecule has 2 fully saturated rings. The van der Waals surface area contributed by atoms with E-state index in [-0.39, 0.29) is 25.7 Å². The number of halogens is 6.